The molecule has 1 aliphatic rings. The molecule has 0 saturated carbocycles. The van der Waals surface area contributed by atoms with Crippen molar-refractivity contribution in [1.82, 2.24) is 19.7 Å². The molecule has 0 amide bonds. The van der Waals surface area contributed by atoms with Gasteiger partial charge in [0, 0.05) is 20.1 Å². The number of hydrogen-bond acceptors (Lipinski definition) is 5. The van der Waals surface area contributed by atoms with Crippen molar-refractivity contribution in [3.63, 3.8) is 0 Å². The number of rotatable bonds is 3. The van der Waals surface area contributed by atoms with Crippen LogP contribution in [0.25, 0.3) is 11.0 Å². The third-order valence-corrected chi connectivity index (χ3v) is 4.75. The highest BCUT2D eigenvalue weighted by molar-refractivity contribution is 5.89. The van der Waals surface area contributed by atoms with Crippen LogP contribution in [0.4, 0.5) is 5.82 Å². The zero-order valence-corrected chi connectivity index (χ0v) is 13.9. The molecule has 120 valence electrons. The molecule has 6 heteroatoms. The number of anilines is 1. The van der Waals surface area contributed by atoms with Crippen LogP contribution in [-0.4, -0.2) is 44.0 Å². The lowest BCUT2D eigenvalue weighted by molar-refractivity contribution is 0.0892. The quantitative estimate of drug-likeness (QED) is 0.939. The lowest BCUT2D eigenvalue weighted by Crippen LogP contribution is -2.38. The van der Waals surface area contributed by atoms with Gasteiger partial charge in [0.05, 0.1) is 17.2 Å². The molecular formula is C16H25N5O. The molecule has 0 aliphatic carbocycles. The molecule has 0 radical (unpaired) electrons. The number of aromatic nitrogens is 4. The molecule has 2 aromatic rings. The Morgan fingerprint density at radius 2 is 1.91 bits per heavy atom. The first-order valence-corrected chi connectivity index (χ1v) is 8.12. The number of piperidine rings is 1. The average Bonchev–Trinajstić information content (AvgIpc) is 2.80. The number of aliphatic hydroxyl groups excluding tert-OH is 1. The van der Waals surface area contributed by atoms with Gasteiger partial charge in [-0.3, -0.25) is 4.68 Å². The summed E-state index contributed by atoms with van der Waals surface area (Å²) in [4.78, 5) is 11.5. The molecular weight excluding hydrogens is 278 g/mol. The summed E-state index contributed by atoms with van der Waals surface area (Å²) >= 11 is 0. The summed E-state index contributed by atoms with van der Waals surface area (Å²) < 4.78 is 1.83. The molecule has 6 nitrogen and oxygen atoms in total. The van der Waals surface area contributed by atoms with E-state index in [9.17, 15) is 5.11 Å². The van der Waals surface area contributed by atoms with Crippen LogP contribution < -0.4 is 4.90 Å². The second-order valence-electron chi connectivity index (χ2n) is 6.30. The van der Waals surface area contributed by atoms with Gasteiger partial charge in [-0.2, -0.15) is 5.10 Å². The van der Waals surface area contributed by atoms with Gasteiger partial charge in [0.15, 0.2) is 5.65 Å². The molecule has 1 aliphatic heterocycles. The van der Waals surface area contributed by atoms with Crippen LogP contribution in [0, 0.1) is 19.8 Å². The summed E-state index contributed by atoms with van der Waals surface area (Å²) in [5, 5.41) is 15.6. The van der Waals surface area contributed by atoms with Crippen LogP contribution in [0.5, 0.6) is 0 Å². The standard InChI is InChI=1S/C16H25N5O/c1-5-13(22)12-6-8-21(9-7-12)16-14-10(2)19-20(4)15(14)17-11(3)18-16/h12-13,22H,5-9H2,1-4H3. The molecule has 0 spiro atoms. The monoisotopic (exact) mass is 303 g/mol. The normalized spacial score (nSPS) is 18.1. The smallest absolute Gasteiger partial charge is 0.163 e. The van der Waals surface area contributed by atoms with Crippen molar-refractivity contribution in [1.29, 1.82) is 0 Å². The topological polar surface area (TPSA) is 67.1 Å². The molecule has 0 bridgehead atoms. The number of aliphatic hydroxyl groups is 1. The van der Waals surface area contributed by atoms with E-state index in [1.807, 2.05) is 32.5 Å². The van der Waals surface area contributed by atoms with Crippen molar-refractivity contribution in [2.45, 2.75) is 46.1 Å². The Labute approximate surface area is 131 Å². The average molecular weight is 303 g/mol. The number of nitrogens with zero attached hydrogens (tertiary/aromatic N) is 5. The lowest BCUT2D eigenvalue weighted by atomic mass is 9.90. The maximum Gasteiger partial charge on any atom is 0.163 e. The number of hydrogen-bond donors (Lipinski definition) is 1. The van der Waals surface area contributed by atoms with Crippen molar-refractivity contribution < 1.29 is 5.11 Å². The molecule has 3 heterocycles. The fraction of sp³-hybridized carbons (Fsp3) is 0.688. The van der Waals surface area contributed by atoms with E-state index < -0.39 is 0 Å². The maximum absolute atomic E-state index is 10.0. The third-order valence-electron chi connectivity index (χ3n) is 4.75. The Hall–Kier alpha value is -1.69. The summed E-state index contributed by atoms with van der Waals surface area (Å²) in [6.07, 6.45) is 2.69. The van der Waals surface area contributed by atoms with Crippen LogP contribution in [0.15, 0.2) is 0 Å². The number of fused-ring (bicyclic) bond motifs is 1. The van der Waals surface area contributed by atoms with E-state index in [0.29, 0.717) is 5.92 Å². The highest BCUT2D eigenvalue weighted by Gasteiger charge is 2.27. The molecule has 1 unspecified atom stereocenters. The largest absolute Gasteiger partial charge is 0.393 e. The van der Waals surface area contributed by atoms with E-state index >= 15 is 0 Å². The van der Waals surface area contributed by atoms with Crippen LogP contribution in [0.3, 0.4) is 0 Å². The minimum absolute atomic E-state index is 0.172. The van der Waals surface area contributed by atoms with Crippen molar-refractivity contribution in [2.75, 3.05) is 18.0 Å². The minimum Gasteiger partial charge on any atom is -0.393 e. The van der Waals surface area contributed by atoms with Gasteiger partial charge in [-0.25, -0.2) is 9.97 Å². The fourth-order valence-corrected chi connectivity index (χ4v) is 3.48. The van der Waals surface area contributed by atoms with E-state index in [1.54, 1.807) is 0 Å². The molecule has 0 aromatic carbocycles. The van der Waals surface area contributed by atoms with Gasteiger partial charge in [-0.15, -0.1) is 0 Å². The molecule has 1 saturated heterocycles. The summed E-state index contributed by atoms with van der Waals surface area (Å²) in [6.45, 7) is 7.85. The molecule has 1 atom stereocenters. The predicted molar refractivity (Wildman–Crippen MR) is 87.0 cm³/mol. The summed E-state index contributed by atoms with van der Waals surface area (Å²) in [6, 6.07) is 0. The van der Waals surface area contributed by atoms with Gasteiger partial charge in [0.25, 0.3) is 0 Å². The summed E-state index contributed by atoms with van der Waals surface area (Å²) in [7, 11) is 1.93. The second kappa shape index (κ2) is 5.83. The van der Waals surface area contributed by atoms with E-state index in [0.717, 1.165) is 60.7 Å². The zero-order chi connectivity index (χ0) is 15.9. The highest BCUT2D eigenvalue weighted by Crippen LogP contribution is 2.31. The van der Waals surface area contributed by atoms with Gasteiger partial charge < -0.3 is 10.0 Å². The van der Waals surface area contributed by atoms with Gasteiger partial charge >= 0.3 is 0 Å². The van der Waals surface area contributed by atoms with Crippen molar-refractivity contribution >= 4 is 16.9 Å². The predicted octanol–water partition coefficient (Wildman–Crippen LogP) is 1.97. The van der Waals surface area contributed by atoms with Crippen LogP contribution >= 0.6 is 0 Å². The molecule has 1 N–H and O–H groups in total. The first kappa shape index (κ1) is 15.2. The molecule has 1 fully saturated rings. The Balaban J connectivity index is 1.91. The second-order valence-corrected chi connectivity index (χ2v) is 6.30. The van der Waals surface area contributed by atoms with Crippen LogP contribution in [0.2, 0.25) is 0 Å². The van der Waals surface area contributed by atoms with Crippen molar-refractivity contribution in [2.24, 2.45) is 13.0 Å². The van der Waals surface area contributed by atoms with Crippen molar-refractivity contribution in [3.8, 4) is 0 Å². The van der Waals surface area contributed by atoms with Gasteiger partial charge in [0.1, 0.15) is 11.6 Å². The Kier molecular flexibility index (Phi) is 4.04. The summed E-state index contributed by atoms with van der Waals surface area (Å²) in [5.74, 6) is 2.19. The van der Waals surface area contributed by atoms with Crippen LogP contribution in [-0.2, 0) is 7.05 Å². The molecule has 3 rings (SSSR count). The van der Waals surface area contributed by atoms with Crippen LogP contribution in [0.1, 0.15) is 37.7 Å². The highest BCUT2D eigenvalue weighted by atomic mass is 16.3. The first-order chi connectivity index (χ1) is 10.5. The zero-order valence-electron chi connectivity index (χ0n) is 13.9. The Bertz CT molecular complexity index is 673. The maximum atomic E-state index is 10.0. The van der Waals surface area contributed by atoms with E-state index in [2.05, 4.69) is 20.0 Å². The van der Waals surface area contributed by atoms with Gasteiger partial charge in [-0.05, 0) is 39.0 Å². The van der Waals surface area contributed by atoms with Gasteiger partial charge in [0.2, 0.25) is 0 Å². The Morgan fingerprint density at radius 3 is 2.55 bits per heavy atom. The van der Waals surface area contributed by atoms with Gasteiger partial charge in [-0.1, -0.05) is 6.92 Å². The lowest BCUT2D eigenvalue weighted by Gasteiger charge is -2.35. The van der Waals surface area contributed by atoms with E-state index in [4.69, 9.17) is 0 Å². The molecule has 22 heavy (non-hydrogen) atoms. The fourth-order valence-electron chi connectivity index (χ4n) is 3.48. The van der Waals surface area contributed by atoms with E-state index in [1.165, 1.54) is 0 Å². The SMILES string of the molecule is CCC(O)C1CCN(c2nc(C)nc3c2c(C)nn3C)CC1. The van der Waals surface area contributed by atoms with E-state index in [-0.39, 0.29) is 6.10 Å². The Morgan fingerprint density at radius 1 is 1.23 bits per heavy atom. The third kappa shape index (κ3) is 2.56. The summed E-state index contributed by atoms with van der Waals surface area (Å²) in [5.41, 5.74) is 1.87. The molecule has 2 aromatic heterocycles. The minimum atomic E-state index is -0.172. The van der Waals surface area contributed by atoms with Crippen molar-refractivity contribution in [3.05, 3.63) is 11.5 Å². The number of aryl methyl sites for hydroxylation is 3. The first-order valence-electron chi connectivity index (χ1n) is 8.12.